The molecule has 1 atom stereocenters. The van der Waals surface area contributed by atoms with E-state index in [0.717, 1.165) is 16.7 Å². The number of carbonyl (C=O) groups is 2. The predicted octanol–water partition coefficient (Wildman–Crippen LogP) is 1.59. The number of aliphatic hydroxyl groups excluding tert-OH is 1. The van der Waals surface area contributed by atoms with Crippen LogP contribution in [0, 0.1) is 0 Å². The summed E-state index contributed by atoms with van der Waals surface area (Å²) in [6.45, 7) is 1.78. The first-order chi connectivity index (χ1) is 15.0. The van der Waals surface area contributed by atoms with Crippen LogP contribution in [0.25, 0.3) is 11.1 Å². The minimum Gasteiger partial charge on any atom is -0.464 e. The molecule has 162 valence electrons. The van der Waals surface area contributed by atoms with E-state index in [0.29, 0.717) is 5.02 Å². The Hall–Kier alpha value is -3.34. The predicted molar refractivity (Wildman–Crippen MR) is 112 cm³/mol. The van der Waals surface area contributed by atoms with Gasteiger partial charge in [0, 0.05) is 11.6 Å². The van der Waals surface area contributed by atoms with Crippen molar-refractivity contribution in [2.24, 2.45) is 0 Å². The van der Waals surface area contributed by atoms with E-state index >= 15 is 0 Å². The van der Waals surface area contributed by atoms with Crippen molar-refractivity contribution in [1.82, 2.24) is 31.1 Å². The summed E-state index contributed by atoms with van der Waals surface area (Å²) >= 11 is 6.06. The van der Waals surface area contributed by atoms with Gasteiger partial charge in [-0.05, 0) is 41.0 Å². The second kappa shape index (κ2) is 10.6. The standard InChI is InChI=1S/C20H21ClN6O4/c1-2-31-20(30)17(28)12-27(24-19(29)18-22-25-26-23-18)11-13-6-8-14(9-7-13)15-4-3-5-16(21)10-15/h3-10,17,28H,2,11-12H2,1H3,(H,24,29)(H,22,23,25,26). The summed E-state index contributed by atoms with van der Waals surface area (Å²) < 4.78 is 4.83. The third kappa shape index (κ3) is 6.32. The number of halogens is 1. The first kappa shape index (κ1) is 22.3. The zero-order chi connectivity index (χ0) is 22.2. The van der Waals surface area contributed by atoms with Crippen LogP contribution < -0.4 is 5.43 Å². The Morgan fingerprint density at radius 2 is 2.00 bits per heavy atom. The van der Waals surface area contributed by atoms with Gasteiger partial charge in [0.2, 0.25) is 0 Å². The number of nitrogens with one attached hydrogen (secondary N) is 2. The highest BCUT2D eigenvalue weighted by atomic mass is 35.5. The normalized spacial score (nSPS) is 11.9. The smallest absolute Gasteiger partial charge is 0.336 e. The van der Waals surface area contributed by atoms with Gasteiger partial charge in [-0.25, -0.2) is 9.80 Å². The Morgan fingerprint density at radius 3 is 2.65 bits per heavy atom. The van der Waals surface area contributed by atoms with E-state index in [4.69, 9.17) is 16.3 Å². The van der Waals surface area contributed by atoms with Crippen LogP contribution in [0.4, 0.5) is 0 Å². The summed E-state index contributed by atoms with van der Waals surface area (Å²) in [4.78, 5) is 24.1. The fraction of sp³-hybridized carbons (Fsp3) is 0.250. The van der Waals surface area contributed by atoms with Gasteiger partial charge in [0.05, 0.1) is 13.2 Å². The lowest BCUT2D eigenvalue weighted by molar-refractivity contribution is -0.154. The van der Waals surface area contributed by atoms with Crippen LogP contribution in [0.15, 0.2) is 48.5 Å². The van der Waals surface area contributed by atoms with E-state index in [9.17, 15) is 14.7 Å². The topological polar surface area (TPSA) is 133 Å². The van der Waals surface area contributed by atoms with Gasteiger partial charge in [-0.2, -0.15) is 5.21 Å². The lowest BCUT2D eigenvalue weighted by Crippen LogP contribution is -2.47. The van der Waals surface area contributed by atoms with Gasteiger partial charge >= 0.3 is 11.9 Å². The summed E-state index contributed by atoms with van der Waals surface area (Å²) in [5, 5.41) is 24.9. The monoisotopic (exact) mass is 444 g/mol. The molecule has 0 fully saturated rings. The van der Waals surface area contributed by atoms with Gasteiger partial charge in [-0.15, -0.1) is 10.2 Å². The second-order valence-electron chi connectivity index (χ2n) is 6.53. The number of aliphatic hydroxyl groups is 1. The first-order valence-corrected chi connectivity index (χ1v) is 9.83. The number of benzene rings is 2. The number of esters is 1. The van der Waals surface area contributed by atoms with Crippen molar-refractivity contribution in [1.29, 1.82) is 0 Å². The number of aromatic amines is 1. The molecule has 1 unspecified atom stereocenters. The van der Waals surface area contributed by atoms with Crippen molar-refractivity contribution >= 4 is 23.5 Å². The minimum atomic E-state index is -1.45. The van der Waals surface area contributed by atoms with Gasteiger partial charge in [0.25, 0.3) is 5.82 Å². The maximum atomic E-state index is 12.3. The maximum Gasteiger partial charge on any atom is 0.336 e. The van der Waals surface area contributed by atoms with Gasteiger partial charge in [-0.1, -0.05) is 48.0 Å². The highest BCUT2D eigenvalue weighted by molar-refractivity contribution is 6.30. The molecule has 10 nitrogen and oxygen atoms in total. The molecule has 3 rings (SSSR count). The molecule has 3 aromatic rings. The van der Waals surface area contributed by atoms with Crippen molar-refractivity contribution in [2.75, 3.05) is 13.2 Å². The van der Waals surface area contributed by atoms with Crippen LogP contribution in [0.1, 0.15) is 23.1 Å². The molecule has 0 saturated heterocycles. The number of nitrogens with zero attached hydrogens (tertiary/aromatic N) is 4. The zero-order valence-corrected chi connectivity index (χ0v) is 17.4. The number of amides is 1. The number of hydrazine groups is 1. The molecule has 1 heterocycles. The molecular weight excluding hydrogens is 424 g/mol. The summed E-state index contributed by atoms with van der Waals surface area (Å²) in [6, 6.07) is 15.1. The molecule has 11 heteroatoms. The molecule has 0 spiro atoms. The highest BCUT2D eigenvalue weighted by Crippen LogP contribution is 2.23. The fourth-order valence-electron chi connectivity index (χ4n) is 2.81. The maximum absolute atomic E-state index is 12.3. The van der Waals surface area contributed by atoms with Crippen LogP contribution in [-0.4, -0.2) is 61.9 Å². The van der Waals surface area contributed by atoms with Crippen molar-refractivity contribution in [2.45, 2.75) is 19.6 Å². The third-order valence-corrected chi connectivity index (χ3v) is 4.48. The highest BCUT2D eigenvalue weighted by Gasteiger charge is 2.23. The van der Waals surface area contributed by atoms with E-state index in [1.807, 2.05) is 42.5 Å². The van der Waals surface area contributed by atoms with Crippen molar-refractivity contribution in [3.05, 3.63) is 64.9 Å². The van der Waals surface area contributed by atoms with Gasteiger partial charge < -0.3 is 9.84 Å². The van der Waals surface area contributed by atoms with Crippen LogP contribution >= 0.6 is 11.6 Å². The average Bonchev–Trinajstić information content (AvgIpc) is 3.29. The Labute approximate surface area is 183 Å². The summed E-state index contributed by atoms with van der Waals surface area (Å²) in [5.74, 6) is -1.59. The number of hydrogen-bond donors (Lipinski definition) is 3. The lowest BCUT2D eigenvalue weighted by atomic mass is 10.0. The molecule has 3 N–H and O–H groups in total. The first-order valence-electron chi connectivity index (χ1n) is 9.45. The Balaban J connectivity index is 1.73. The van der Waals surface area contributed by atoms with E-state index in [1.165, 1.54) is 5.01 Å². The quantitative estimate of drug-likeness (QED) is 0.334. The Morgan fingerprint density at radius 1 is 1.23 bits per heavy atom. The molecule has 0 saturated carbocycles. The summed E-state index contributed by atoms with van der Waals surface area (Å²) in [5.41, 5.74) is 5.35. The molecule has 0 aliphatic carbocycles. The van der Waals surface area contributed by atoms with E-state index in [-0.39, 0.29) is 25.5 Å². The van der Waals surface area contributed by atoms with Crippen LogP contribution in [0.2, 0.25) is 5.02 Å². The average molecular weight is 445 g/mol. The SMILES string of the molecule is CCOC(=O)C(O)CN(Cc1ccc(-c2cccc(Cl)c2)cc1)NC(=O)c1nn[nH]n1. The number of carbonyl (C=O) groups excluding carboxylic acids is 2. The molecule has 0 bridgehead atoms. The number of rotatable bonds is 9. The number of ether oxygens (including phenoxy) is 1. The van der Waals surface area contributed by atoms with Crippen LogP contribution in [0.5, 0.6) is 0 Å². The van der Waals surface area contributed by atoms with Gasteiger partial charge in [0.15, 0.2) is 6.10 Å². The van der Waals surface area contributed by atoms with Gasteiger partial charge in [0.1, 0.15) is 0 Å². The third-order valence-electron chi connectivity index (χ3n) is 4.25. The van der Waals surface area contributed by atoms with Gasteiger partial charge in [-0.3, -0.25) is 10.2 Å². The van der Waals surface area contributed by atoms with Crippen molar-refractivity contribution < 1.29 is 19.4 Å². The second-order valence-corrected chi connectivity index (χ2v) is 6.97. The molecule has 2 aromatic carbocycles. The molecule has 0 aliphatic rings. The van der Waals surface area contributed by atoms with E-state index < -0.39 is 18.0 Å². The summed E-state index contributed by atoms with van der Waals surface area (Å²) in [6.07, 6.45) is -1.45. The van der Waals surface area contributed by atoms with Crippen LogP contribution in [-0.2, 0) is 16.1 Å². The lowest BCUT2D eigenvalue weighted by Gasteiger charge is -2.24. The molecule has 1 aromatic heterocycles. The summed E-state index contributed by atoms with van der Waals surface area (Å²) in [7, 11) is 0. The number of aromatic nitrogens is 4. The largest absolute Gasteiger partial charge is 0.464 e. The Bertz CT molecular complexity index is 1010. The molecule has 1 amide bonds. The molecule has 0 aliphatic heterocycles. The fourth-order valence-corrected chi connectivity index (χ4v) is 3.00. The number of tetrazole rings is 1. The minimum absolute atomic E-state index is 0.135. The number of H-pyrrole nitrogens is 1. The molecule has 31 heavy (non-hydrogen) atoms. The van der Waals surface area contributed by atoms with Crippen molar-refractivity contribution in [3.63, 3.8) is 0 Å². The molecular formula is C20H21ClN6O4. The zero-order valence-electron chi connectivity index (χ0n) is 16.7. The Kier molecular flexibility index (Phi) is 7.65. The van der Waals surface area contributed by atoms with Crippen molar-refractivity contribution in [3.8, 4) is 11.1 Å². The van der Waals surface area contributed by atoms with E-state index in [1.54, 1.807) is 13.0 Å². The van der Waals surface area contributed by atoms with Crippen LogP contribution in [0.3, 0.4) is 0 Å². The van der Waals surface area contributed by atoms with E-state index in [2.05, 4.69) is 26.0 Å². The number of hydrogen-bond acceptors (Lipinski definition) is 8. The molecule has 0 radical (unpaired) electrons.